The van der Waals surface area contributed by atoms with Crippen LogP contribution in [-0.2, 0) is 4.74 Å². The molecule has 3 nitrogen and oxygen atoms in total. The van der Waals surface area contributed by atoms with Crippen LogP contribution < -0.4 is 10.1 Å². The van der Waals surface area contributed by atoms with Crippen LogP contribution in [0.15, 0.2) is 24.3 Å². The topological polar surface area (TPSA) is 30.5 Å². The average Bonchev–Trinajstić information content (AvgIpc) is 3.05. The standard InChI is InChI=1S/C15H21NO2/c1-2-6-12(5-1)16-14-7-3-4-8-15(14)18-13-9-10-17-11-13/h3-4,7-8,12-13,16H,1-2,5-6,9-11H2/t13-/m1/s1. The molecule has 3 heteroatoms. The van der Waals surface area contributed by atoms with Crippen LogP contribution in [0.4, 0.5) is 5.69 Å². The summed E-state index contributed by atoms with van der Waals surface area (Å²) in [5.41, 5.74) is 1.14. The molecular formula is C15H21NO2. The van der Waals surface area contributed by atoms with Gasteiger partial charge in [-0.3, -0.25) is 0 Å². The average molecular weight is 247 g/mol. The van der Waals surface area contributed by atoms with Gasteiger partial charge in [0.2, 0.25) is 0 Å². The molecule has 1 heterocycles. The first-order chi connectivity index (χ1) is 8.92. The summed E-state index contributed by atoms with van der Waals surface area (Å²) >= 11 is 0. The van der Waals surface area contributed by atoms with Crippen LogP contribution in [0.2, 0.25) is 0 Å². The van der Waals surface area contributed by atoms with Gasteiger partial charge in [0.1, 0.15) is 11.9 Å². The largest absolute Gasteiger partial charge is 0.486 e. The summed E-state index contributed by atoms with van der Waals surface area (Å²) in [5, 5.41) is 3.62. The van der Waals surface area contributed by atoms with E-state index in [4.69, 9.17) is 9.47 Å². The molecule has 0 bridgehead atoms. The monoisotopic (exact) mass is 247 g/mol. The predicted molar refractivity (Wildman–Crippen MR) is 72.2 cm³/mol. The Balaban J connectivity index is 1.67. The maximum atomic E-state index is 6.03. The van der Waals surface area contributed by atoms with E-state index in [2.05, 4.69) is 23.5 Å². The molecule has 1 N–H and O–H groups in total. The van der Waals surface area contributed by atoms with Crippen LogP contribution in [0.1, 0.15) is 32.1 Å². The van der Waals surface area contributed by atoms with Gasteiger partial charge in [-0.05, 0) is 25.0 Å². The molecule has 1 aromatic carbocycles. The van der Waals surface area contributed by atoms with Crippen molar-refractivity contribution in [2.24, 2.45) is 0 Å². The molecular weight excluding hydrogens is 226 g/mol. The lowest BCUT2D eigenvalue weighted by molar-refractivity contribution is 0.142. The Morgan fingerprint density at radius 3 is 2.72 bits per heavy atom. The van der Waals surface area contributed by atoms with Gasteiger partial charge in [-0.15, -0.1) is 0 Å². The first-order valence-corrected chi connectivity index (χ1v) is 7.02. The van der Waals surface area contributed by atoms with Gasteiger partial charge in [-0.2, -0.15) is 0 Å². The molecule has 98 valence electrons. The number of hydrogen-bond acceptors (Lipinski definition) is 3. The summed E-state index contributed by atoms with van der Waals surface area (Å²) in [6.45, 7) is 1.54. The Labute approximate surface area is 108 Å². The fourth-order valence-corrected chi connectivity index (χ4v) is 2.76. The lowest BCUT2D eigenvalue weighted by Gasteiger charge is -2.19. The minimum Gasteiger partial charge on any atom is -0.486 e. The number of ether oxygens (including phenoxy) is 2. The van der Waals surface area contributed by atoms with E-state index in [-0.39, 0.29) is 6.10 Å². The van der Waals surface area contributed by atoms with Gasteiger partial charge < -0.3 is 14.8 Å². The molecule has 1 saturated heterocycles. The highest BCUT2D eigenvalue weighted by molar-refractivity contribution is 5.56. The highest BCUT2D eigenvalue weighted by atomic mass is 16.5. The molecule has 3 rings (SSSR count). The second-order valence-corrected chi connectivity index (χ2v) is 5.23. The summed E-state index contributed by atoms with van der Waals surface area (Å²) in [5.74, 6) is 0.972. The molecule has 0 spiro atoms. The molecule has 2 fully saturated rings. The van der Waals surface area contributed by atoms with Crippen molar-refractivity contribution in [3.63, 3.8) is 0 Å². The number of para-hydroxylation sites is 2. The van der Waals surface area contributed by atoms with E-state index >= 15 is 0 Å². The third-order valence-electron chi connectivity index (χ3n) is 3.78. The molecule has 1 saturated carbocycles. The van der Waals surface area contributed by atoms with Crippen molar-refractivity contribution in [2.45, 2.75) is 44.2 Å². The van der Waals surface area contributed by atoms with Gasteiger partial charge in [0.05, 0.1) is 18.9 Å². The van der Waals surface area contributed by atoms with Crippen molar-refractivity contribution in [3.05, 3.63) is 24.3 Å². The van der Waals surface area contributed by atoms with E-state index in [9.17, 15) is 0 Å². The molecule has 1 aromatic rings. The molecule has 1 atom stereocenters. The normalized spacial score (nSPS) is 24.3. The van der Waals surface area contributed by atoms with Crippen LogP contribution in [-0.4, -0.2) is 25.4 Å². The molecule has 2 aliphatic rings. The Hall–Kier alpha value is -1.22. The molecule has 1 aliphatic heterocycles. The second kappa shape index (κ2) is 5.61. The van der Waals surface area contributed by atoms with E-state index in [0.29, 0.717) is 6.04 Å². The molecule has 1 aliphatic carbocycles. The molecule has 0 unspecified atom stereocenters. The Morgan fingerprint density at radius 2 is 1.94 bits per heavy atom. The molecule has 0 aromatic heterocycles. The quantitative estimate of drug-likeness (QED) is 0.886. The van der Waals surface area contributed by atoms with Crippen LogP contribution in [0, 0.1) is 0 Å². The van der Waals surface area contributed by atoms with Crippen LogP contribution >= 0.6 is 0 Å². The highest BCUT2D eigenvalue weighted by Crippen LogP contribution is 2.30. The minimum atomic E-state index is 0.219. The van der Waals surface area contributed by atoms with E-state index in [1.54, 1.807) is 0 Å². The van der Waals surface area contributed by atoms with Gasteiger partial charge in [-0.25, -0.2) is 0 Å². The number of hydrogen-bond donors (Lipinski definition) is 1. The number of nitrogens with one attached hydrogen (secondary N) is 1. The molecule has 18 heavy (non-hydrogen) atoms. The number of benzene rings is 1. The summed E-state index contributed by atoms with van der Waals surface area (Å²) < 4.78 is 11.4. The lowest BCUT2D eigenvalue weighted by atomic mass is 10.2. The molecule has 0 radical (unpaired) electrons. The Bertz CT molecular complexity index is 345. The van der Waals surface area contributed by atoms with Gasteiger partial charge in [-0.1, -0.05) is 25.0 Å². The van der Waals surface area contributed by atoms with Crippen molar-refractivity contribution >= 4 is 5.69 Å². The first-order valence-electron chi connectivity index (χ1n) is 7.02. The fraction of sp³-hybridized carbons (Fsp3) is 0.600. The lowest BCUT2D eigenvalue weighted by Crippen LogP contribution is -2.19. The minimum absolute atomic E-state index is 0.219. The van der Waals surface area contributed by atoms with Crippen molar-refractivity contribution < 1.29 is 9.47 Å². The first kappa shape index (κ1) is 11.8. The third kappa shape index (κ3) is 2.78. The van der Waals surface area contributed by atoms with E-state index in [1.165, 1.54) is 25.7 Å². The Morgan fingerprint density at radius 1 is 1.11 bits per heavy atom. The summed E-state index contributed by atoms with van der Waals surface area (Å²) in [6, 6.07) is 8.88. The zero-order valence-electron chi connectivity index (χ0n) is 10.7. The highest BCUT2D eigenvalue weighted by Gasteiger charge is 2.20. The smallest absolute Gasteiger partial charge is 0.142 e. The number of anilines is 1. The van der Waals surface area contributed by atoms with E-state index in [0.717, 1.165) is 31.1 Å². The maximum absolute atomic E-state index is 6.03. The zero-order valence-corrected chi connectivity index (χ0v) is 10.7. The van der Waals surface area contributed by atoms with Crippen LogP contribution in [0.3, 0.4) is 0 Å². The van der Waals surface area contributed by atoms with Gasteiger partial charge >= 0.3 is 0 Å². The fourth-order valence-electron chi connectivity index (χ4n) is 2.76. The van der Waals surface area contributed by atoms with Crippen molar-refractivity contribution in [1.29, 1.82) is 0 Å². The third-order valence-corrected chi connectivity index (χ3v) is 3.78. The number of rotatable bonds is 4. The molecule has 0 amide bonds. The SMILES string of the molecule is c1ccc(O[C@@H]2CCOC2)c(NC2CCCC2)c1. The van der Waals surface area contributed by atoms with E-state index in [1.807, 2.05) is 6.07 Å². The van der Waals surface area contributed by atoms with Crippen molar-refractivity contribution in [2.75, 3.05) is 18.5 Å². The van der Waals surface area contributed by atoms with Gasteiger partial charge in [0.15, 0.2) is 0 Å². The van der Waals surface area contributed by atoms with Crippen molar-refractivity contribution in [3.8, 4) is 5.75 Å². The zero-order chi connectivity index (χ0) is 12.2. The summed E-state index contributed by atoms with van der Waals surface area (Å²) in [7, 11) is 0. The van der Waals surface area contributed by atoms with Gasteiger partial charge in [0, 0.05) is 12.5 Å². The summed E-state index contributed by atoms with van der Waals surface area (Å²) in [4.78, 5) is 0. The van der Waals surface area contributed by atoms with Crippen LogP contribution in [0.25, 0.3) is 0 Å². The van der Waals surface area contributed by atoms with Crippen LogP contribution in [0.5, 0.6) is 5.75 Å². The van der Waals surface area contributed by atoms with E-state index < -0.39 is 0 Å². The predicted octanol–water partition coefficient (Wildman–Crippen LogP) is 3.21. The maximum Gasteiger partial charge on any atom is 0.142 e. The Kier molecular flexibility index (Phi) is 3.69. The van der Waals surface area contributed by atoms with Crippen molar-refractivity contribution in [1.82, 2.24) is 0 Å². The van der Waals surface area contributed by atoms with Gasteiger partial charge in [0.25, 0.3) is 0 Å². The second-order valence-electron chi connectivity index (χ2n) is 5.23. The summed E-state index contributed by atoms with van der Waals surface area (Å²) in [6.07, 6.45) is 6.46.